The Kier molecular flexibility index (Phi) is 5.54. The molecule has 0 N–H and O–H groups in total. The summed E-state index contributed by atoms with van der Waals surface area (Å²) < 4.78 is 33.5. The van der Waals surface area contributed by atoms with Gasteiger partial charge in [-0.1, -0.05) is 13.8 Å². The lowest BCUT2D eigenvalue weighted by atomic mass is 9.94. The fourth-order valence-corrected chi connectivity index (χ4v) is 2.86. The van der Waals surface area contributed by atoms with Gasteiger partial charge in [-0.05, 0) is 19.8 Å². The van der Waals surface area contributed by atoms with Crippen molar-refractivity contribution >= 4 is 11.9 Å². The Labute approximate surface area is 141 Å². The van der Waals surface area contributed by atoms with E-state index in [0.717, 1.165) is 0 Å². The molecule has 0 aliphatic carbocycles. The lowest BCUT2D eigenvalue weighted by Crippen LogP contribution is -2.65. The highest BCUT2D eigenvalue weighted by Gasteiger charge is 2.57. The van der Waals surface area contributed by atoms with Gasteiger partial charge in [-0.15, -0.1) is 0 Å². The second kappa shape index (κ2) is 6.95. The molecule has 0 radical (unpaired) electrons. The number of rotatable bonds is 4. The van der Waals surface area contributed by atoms with Gasteiger partial charge in [0.2, 0.25) is 0 Å². The first-order valence-electron chi connectivity index (χ1n) is 8.19. The van der Waals surface area contributed by atoms with Gasteiger partial charge in [0.15, 0.2) is 11.2 Å². The maximum atomic E-state index is 11.4. The maximum absolute atomic E-state index is 11.4. The monoisotopic (exact) mass is 346 g/mol. The first-order chi connectivity index (χ1) is 11.2. The molecule has 1 spiro atoms. The van der Waals surface area contributed by atoms with Gasteiger partial charge in [-0.2, -0.15) is 0 Å². The molecule has 8 heteroatoms. The van der Waals surface area contributed by atoms with Crippen molar-refractivity contribution in [3.63, 3.8) is 0 Å². The Morgan fingerprint density at radius 1 is 0.958 bits per heavy atom. The van der Waals surface area contributed by atoms with Gasteiger partial charge in [0.05, 0.1) is 19.8 Å². The molecule has 2 heterocycles. The molecule has 2 aliphatic rings. The minimum absolute atomic E-state index is 0.0803. The normalized spacial score (nSPS) is 39.5. The van der Waals surface area contributed by atoms with Crippen LogP contribution in [0.2, 0.25) is 0 Å². The molecule has 8 nitrogen and oxygen atoms in total. The quantitative estimate of drug-likeness (QED) is 0.708. The minimum Gasteiger partial charge on any atom is -0.454 e. The first-order valence-corrected chi connectivity index (χ1v) is 8.19. The van der Waals surface area contributed by atoms with Crippen molar-refractivity contribution in [1.29, 1.82) is 0 Å². The van der Waals surface area contributed by atoms with Crippen molar-refractivity contribution in [2.75, 3.05) is 19.8 Å². The molecule has 0 aromatic carbocycles. The van der Waals surface area contributed by atoms with Crippen molar-refractivity contribution in [3.05, 3.63) is 0 Å². The third-order valence-electron chi connectivity index (χ3n) is 4.53. The summed E-state index contributed by atoms with van der Waals surface area (Å²) >= 11 is 0. The molecule has 2 saturated heterocycles. The lowest BCUT2D eigenvalue weighted by Gasteiger charge is -2.50. The second-order valence-corrected chi connectivity index (χ2v) is 6.27. The molecule has 0 bridgehead atoms. The van der Waals surface area contributed by atoms with E-state index in [1.165, 1.54) is 13.8 Å². The summed E-state index contributed by atoms with van der Waals surface area (Å²) in [6.07, 6.45) is -1.11. The molecule has 0 aromatic heterocycles. The maximum Gasteiger partial charge on any atom is 0.413 e. The van der Waals surface area contributed by atoms with Crippen molar-refractivity contribution in [3.8, 4) is 0 Å². The highest BCUT2D eigenvalue weighted by Crippen LogP contribution is 2.39. The highest BCUT2D eigenvalue weighted by atomic mass is 17.0. The second-order valence-electron chi connectivity index (χ2n) is 6.27. The van der Waals surface area contributed by atoms with E-state index >= 15 is 0 Å². The van der Waals surface area contributed by atoms with Crippen molar-refractivity contribution < 1.29 is 38.0 Å². The predicted octanol–water partition coefficient (Wildman–Crippen LogP) is 1.50. The van der Waals surface area contributed by atoms with Gasteiger partial charge < -0.3 is 9.47 Å². The van der Waals surface area contributed by atoms with Gasteiger partial charge >= 0.3 is 18.1 Å². The number of carbonyl (C=O) groups excluding carboxylic acids is 2. The number of hydrogen-bond donors (Lipinski definition) is 0. The smallest absolute Gasteiger partial charge is 0.413 e. The summed E-state index contributed by atoms with van der Waals surface area (Å²) in [7, 11) is 0. The number of hydrogen-bond acceptors (Lipinski definition) is 8. The Balaban J connectivity index is 2.05. The van der Waals surface area contributed by atoms with Crippen LogP contribution in [0.5, 0.6) is 0 Å². The number of carbonyl (C=O) groups is 2. The first kappa shape index (κ1) is 19.1. The van der Waals surface area contributed by atoms with Crippen LogP contribution < -0.4 is 0 Å². The van der Waals surface area contributed by atoms with Crippen LogP contribution in [0, 0.1) is 0 Å². The van der Waals surface area contributed by atoms with Gasteiger partial charge in [-0.25, -0.2) is 0 Å². The minimum atomic E-state index is -1.67. The zero-order chi connectivity index (χ0) is 18.0. The number of esters is 2. The van der Waals surface area contributed by atoms with Crippen LogP contribution in [-0.2, 0) is 38.0 Å². The van der Waals surface area contributed by atoms with E-state index in [9.17, 15) is 9.59 Å². The highest BCUT2D eigenvalue weighted by molar-refractivity contribution is 5.67. The van der Waals surface area contributed by atoms with E-state index in [-0.39, 0.29) is 19.8 Å². The van der Waals surface area contributed by atoms with Crippen molar-refractivity contribution in [2.24, 2.45) is 0 Å². The van der Waals surface area contributed by atoms with Gasteiger partial charge in [0.25, 0.3) is 0 Å². The Morgan fingerprint density at radius 2 is 1.50 bits per heavy atom. The summed E-state index contributed by atoms with van der Waals surface area (Å²) in [6.45, 7) is 8.47. The number of ether oxygens (including phenoxy) is 6. The average molecular weight is 346 g/mol. The molecule has 2 atom stereocenters. The van der Waals surface area contributed by atoms with Crippen LogP contribution >= 0.6 is 0 Å². The third-order valence-corrected chi connectivity index (χ3v) is 4.53. The van der Waals surface area contributed by atoms with E-state index in [0.29, 0.717) is 12.8 Å². The lowest BCUT2D eigenvalue weighted by molar-refractivity contribution is -0.560. The van der Waals surface area contributed by atoms with Crippen LogP contribution in [0.15, 0.2) is 0 Å². The Morgan fingerprint density at radius 3 is 1.92 bits per heavy atom. The predicted molar refractivity (Wildman–Crippen MR) is 80.7 cm³/mol. The largest absolute Gasteiger partial charge is 0.454 e. The molecule has 24 heavy (non-hydrogen) atoms. The molecule has 2 fully saturated rings. The molecule has 2 unspecified atom stereocenters. The molecule has 0 aromatic rings. The van der Waals surface area contributed by atoms with E-state index in [2.05, 4.69) is 0 Å². The third kappa shape index (κ3) is 3.72. The van der Waals surface area contributed by atoms with Crippen molar-refractivity contribution in [2.45, 2.75) is 70.9 Å². The topological polar surface area (TPSA) is 89.5 Å². The van der Waals surface area contributed by atoms with Gasteiger partial charge in [0.1, 0.15) is 6.10 Å². The van der Waals surface area contributed by atoms with Gasteiger partial charge in [-0.3, -0.25) is 28.5 Å². The van der Waals surface area contributed by atoms with Crippen LogP contribution in [-0.4, -0.2) is 55.2 Å². The average Bonchev–Trinajstić information content (AvgIpc) is 2.52. The summed E-state index contributed by atoms with van der Waals surface area (Å²) in [5.74, 6) is -0.809. The van der Waals surface area contributed by atoms with Crippen LogP contribution in [0.1, 0.15) is 47.5 Å². The fourth-order valence-electron chi connectivity index (χ4n) is 2.86. The molecule has 2 aliphatic heterocycles. The van der Waals surface area contributed by atoms with Gasteiger partial charge in [0, 0.05) is 13.8 Å². The van der Waals surface area contributed by atoms with Crippen LogP contribution in [0.25, 0.3) is 0 Å². The summed E-state index contributed by atoms with van der Waals surface area (Å²) in [5.41, 5.74) is -1.75. The van der Waals surface area contributed by atoms with E-state index < -0.39 is 35.4 Å². The summed E-state index contributed by atoms with van der Waals surface area (Å²) in [4.78, 5) is 22.7. The van der Waals surface area contributed by atoms with E-state index in [1.54, 1.807) is 6.92 Å². The molecular formula is C16H26O8. The zero-order valence-electron chi connectivity index (χ0n) is 14.9. The summed E-state index contributed by atoms with van der Waals surface area (Å²) in [6, 6.07) is 0. The van der Waals surface area contributed by atoms with E-state index in [4.69, 9.17) is 28.4 Å². The molecule has 0 saturated carbocycles. The zero-order valence-corrected chi connectivity index (χ0v) is 14.9. The molecule has 2 rings (SSSR count). The Hall–Kier alpha value is -1.22. The molecule has 138 valence electrons. The SMILES string of the molecule is CCC1(OC(C)=O)COC2(OC1)OCC(CC)(OC(C)=O)C(C)O2. The van der Waals surface area contributed by atoms with Crippen molar-refractivity contribution in [1.82, 2.24) is 0 Å². The standard InChI is InChI=1S/C16H26O8/c1-6-14(23-12(4)17)8-19-16(20-9-14)21-10-15(7-2,11(3)22-16)24-13(5)18/h11H,6-10H2,1-5H3. The van der Waals surface area contributed by atoms with Crippen LogP contribution in [0.4, 0.5) is 0 Å². The molecular weight excluding hydrogens is 320 g/mol. The Bertz CT molecular complexity index is 477. The van der Waals surface area contributed by atoms with Crippen LogP contribution in [0.3, 0.4) is 0 Å². The van der Waals surface area contributed by atoms with E-state index in [1.807, 2.05) is 13.8 Å². The fraction of sp³-hybridized carbons (Fsp3) is 0.875. The molecule has 0 amide bonds. The summed E-state index contributed by atoms with van der Waals surface area (Å²) in [5, 5.41) is 0.